The number of nitrogens with zero attached hydrogens (tertiary/aromatic N) is 4. The fraction of sp³-hybridized carbons (Fsp3) is 0.269. The Balaban J connectivity index is 1.72. The van der Waals surface area contributed by atoms with Crippen molar-refractivity contribution in [2.45, 2.75) is 38.1 Å². The van der Waals surface area contributed by atoms with Crippen LogP contribution < -0.4 is 0 Å². The molecule has 0 heterocycles. The molecule has 0 N–H and O–H groups in total. The van der Waals surface area contributed by atoms with Crippen LogP contribution in [0.5, 0.6) is 0 Å². The second-order valence-corrected chi connectivity index (χ2v) is 7.38. The lowest BCUT2D eigenvalue weighted by molar-refractivity contribution is -0.0832. The van der Waals surface area contributed by atoms with E-state index < -0.39 is 18.2 Å². The van der Waals surface area contributed by atoms with Gasteiger partial charge in [0.1, 0.15) is 6.10 Å². The molecule has 0 fully saturated rings. The maximum Gasteiger partial charge on any atom is 0.170 e. The van der Waals surface area contributed by atoms with Crippen molar-refractivity contribution < 1.29 is 14.2 Å². The van der Waals surface area contributed by atoms with Gasteiger partial charge in [0.2, 0.25) is 0 Å². The number of benzene rings is 3. The molecule has 0 unspecified atom stereocenters. The van der Waals surface area contributed by atoms with E-state index in [0.29, 0.717) is 6.61 Å². The van der Waals surface area contributed by atoms with E-state index in [4.69, 9.17) is 14.2 Å². The average molecular weight is 443 g/mol. The highest BCUT2D eigenvalue weighted by Crippen LogP contribution is 2.18. The number of hydrogen-bond acceptors (Lipinski definition) is 5. The summed E-state index contributed by atoms with van der Waals surface area (Å²) in [5.41, 5.74) is 12.0. The number of ether oxygens (including phenoxy) is 3. The van der Waals surface area contributed by atoms with Crippen LogP contribution in [0.3, 0.4) is 0 Å². The molecule has 0 spiro atoms. The van der Waals surface area contributed by atoms with Crippen LogP contribution in [0.1, 0.15) is 16.7 Å². The number of azide groups is 1. The van der Waals surface area contributed by atoms with Crippen molar-refractivity contribution in [3.8, 4) is 6.07 Å². The van der Waals surface area contributed by atoms with Gasteiger partial charge in [0.05, 0.1) is 38.5 Å². The molecule has 0 aliphatic carbocycles. The van der Waals surface area contributed by atoms with E-state index in [-0.39, 0.29) is 19.8 Å². The van der Waals surface area contributed by atoms with Crippen molar-refractivity contribution in [1.82, 2.24) is 0 Å². The first-order valence-electron chi connectivity index (χ1n) is 10.7. The van der Waals surface area contributed by atoms with Crippen molar-refractivity contribution in [2.75, 3.05) is 6.61 Å². The monoisotopic (exact) mass is 442 g/mol. The van der Waals surface area contributed by atoms with Crippen LogP contribution in [0, 0.1) is 11.3 Å². The Morgan fingerprint density at radius 3 is 1.73 bits per heavy atom. The van der Waals surface area contributed by atoms with Gasteiger partial charge in [-0.05, 0) is 22.2 Å². The van der Waals surface area contributed by atoms with Gasteiger partial charge in [0.15, 0.2) is 6.10 Å². The Hall–Kier alpha value is -3.66. The summed E-state index contributed by atoms with van der Waals surface area (Å²) in [6.07, 6.45) is -1.77. The third-order valence-electron chi connectivity index (χ3n) is 4.96. The lowest BCUT2D eigenvalue weighted by Gasteiger charge is -2.28. The second kappa shape index (κ2) is 13.7. The fourth-order valence-corrected chi connectivity index (χ4v) is 3.26. The molecule has 0 bridgehead atoms. The van der Waals surface area contributed by atoms with Crippen molar-refractivity contribution in [2.24, 2.45) is 5.11 Å². The van der Waals surface area contributed by atoms with E-state index in [1.807, 2.05) is 91.0 Å². The number of hydrogen-bond donors (Lipinski definition) is 0. The van der Waals surface area contributed by atoms with Gasteiger partial charge in [-0.2, -0.15) is 5.26 Å². The van der Waals surface area contributed by atoms with Crippen LogP contribution >= 0.6 is 0 Å². The van der Waals surface area contributed by atoms with Gasteiger partial charge in [0, 0.05) is 4.91 Å². The average Bonchev–Trinajstić information content (AvgIpc) is 2.87. The number of rotatable bonds is 13. The molecule has 0 amide bonds. The SMILES string of the molecule is N#C[C@H](OCc1ccccc1)[C@@H](OCc1ccccc1)[C@H](COCc1ccccc1)N=[N+]=[N-]. The minimum atomic E-state index is -0.954. The number of nitriles is 1. The van der Waals surface area contributed by atoms with Crippen LogP contribution in [-0.2, 0) is 34.0 Å². The molecule has 0 saturated heterocycles. The van der Waals surface area contributed by atoms with E-state index in [1.54, 1.807) is 0 Å². The molecule has 3 atom stereocenters. The predicted molar refractivity (Wildman–Crippen MR) is 125 cm³/mol. The molecule has 3 rings (SSSR count). The molecule has 3 aromatic carbocycles. The third-order valence-corrected chi connectivity index (χ3v) is 4.96. The second-order valence-electron chi connectivity index (χ2n) is 7.38. The highest BCUT2D eigenvalue weighted by molar-refractivity contribution is 5.15. The van der Waals surface area contributed by atoms with Crippen molar-refractivity contribution in [1.29, 1.82) is 5.26 Å². The Bertz CT molecular complexity index is 1040. The molecule has 0 aliphatic rings. The summed E-state index contributed by atoms with van der Waals surface area (Å²) in [5.74, 6) is 0. The summed E-state index contributed by atoms with van der Waals surface area (Å²) in [6, 6.07) is 30.3. The summed E-state index contributed by atoms with van der Waals surface area (Å²) in [6.45, 7) is 0.920. The molecular weight excluding hydrogens is 416 g/mol. The smallest absolute Gasteiger partial charge is 0.170 e. The minimum Gasteiger partial charge on any atom is -0.376 e. The van der Waals surface area contributed by atoms with Crippen LogP contribution in [-0.4, -0.2) is 24.9 Å². The summed E-state index contributed by atoms with van der Waals surface area (Å²) in [4.78, 5) is 2.97. The summed E-state index contributed by atoms with van der Waals surface area (Å²) < 4.78 is 17.8. The van der Waals surface area contributed by atoms with E-state index in [0.717, 1.165) is 16.7 Å². The standard InChI is InChI=1S/C26H26N4O3/c27-16-25(32-18-22-12-6-2-7-13-22)26(33-19-23-14-8-3-9-15-23)24(29-30-28)20-31-17-21-10-4-1-5-11-21/h1-15,24-26H,17-20H2/t24-,25-,26-/m0/s1. The van der Waals surface area contributed by atoms with Gasteiger partial charge < -0.3 is 14.2 Å². The van der Waals surface area contributed by atoms with Crippen LogP contribution in [0.4, 0.5) is 0 Å². The van der Waals surface area contributed by atoms with Gasteiger partial charge in [-0.3, -0.25) is 0 Å². The Kier molecular flexibility index (Phi) is 9.95. The van der Waals surface area contributed by atoms with E-state index in [1.165, 1.54) is 0 Å². The largest absolute Gasteiger partial charge is 0.376 e. The zero-order chi connectivity index (χ0) is 23.1. The first kappa shape index (κ1) is 24.0. The highest BCUT2D eigenvalue weighted by atomic mass is 16.5. The Labute approximate surface area is 193 Å². The third kappa shape index (κ3) is 8.08. The van der Waals surface area contributed by atoms with Crippen molar-refractivity contribution in [3.05, 3.63) is 118 Å². The summed E-state index contributed by atoms with van der Waals surface area (Å²) >= 11 is 0. The van der Waals surface area contributed by atoms with Crippen molar-refractivity contribution >= 4 is 0 Å². The molecule has 0 saturated carbocycles. The topological polar surface area (TPSA) is 100 Å². The molecule has 3 aromatic rings. The normalized spacial score (nSPS) is 13.3. The molecule has 33 heavy (non-hydrogen) atoms. The maximum absolute atomic E-state index is 9.86. The summed E-state index contributed by atoms with van der Waals surface area (Å²) in [5, 5.41) is 13.8. The molecular formula is C26H26N4O3. The quantitative estimate of drug-likeness (QED) is 0.196. The van der Waals surface area contributed by atoms with Gasteiger partial charge in [-0.25, -0.2) is 0 Å². The molecule has 7 heteroatoms. The Morgan fingerprint density at radius 1 is 0.758 bits per heavy atom. The minimum absolute atomic E-state index is 0.0886. The predicted octanol–water partition coefficient (Wildman–Crippen LogP) is 5.58. The summed E-state index contributed by atoms with van der Waals surface area (Å²) in [7, 11) is 0. The zero-order valence-electron chi connectivity index (χ0n) is 18.2. The Morgan fingerprint density at radius 2 is 1.24 bits per heavy atom. The zero-order valence-corrected chi connectivity index (χ0v) is 18.2. The molecule has 0 aromatic heterocycles. The molecule has 0 radical (unpaired) electrons. The molecule has 7 nitrogen and oxygen atoms in total. The van der Waals surface area contributed by atoms with Crippen LogP contribution in [0.2, 0.25) is 0 Å². The van der Waals surface area contributed by atoms with Gasteiger partial charge in [0.25, 0.3) is 0 Å². The first-order valence-corrected chi connectivity index (χ1v) is 10.7. The maximum atomic E-state index is 9.86. The lowest BCUT2D eigenvalue weighted by Crippen LogP contribution is -2.42. The fourth-order valence-electron chi connectivity index (χ4n) is 3.26. The van der Waals surface area contributed by atoms with Gasteiger partial charge in [-0.15, -0.1) is 0 Å². The first-order chi connectivity index (χ1) is 16.3. The van der Waals surface area contributed by atoms with E-state index in [9.17, 15) is 10.8 Å². The van der Waals surface area contributed by atoms with E-state index >= 15 is 0 Å². The van der Waals surface area contributed by atoms with Gasteiger partial charge in [-0.1, -0.05) is 96.1 Å². The van der Waals surface area contributed by atoms with E-state index in [2.05, 4.69) is 16.1 Å². The lowest BCUT2D eigenvalue weighted by atomic mass is 10.1. The van der Waals surface area contributed by atoms with Crippen LogP contribution in [0.25, 0.3) is 10.4 Å². The van der Waals surface area contributed by atoms with Gasteiger partial charge >= 0.3 is 0 Å². The van der Waals surface area contributed by atoms with Crippen molar-refractivity contribution in [3.63, 3.8) is 0 Å². The molecule has 0 aliphatic heterocycles. The molecule has 168 valence electrons. The van der Waals surface area contributed by atoms with Crippen LogP contribution in [0.15, 0.2) is 96.1 Å². The highest BCUT2D eigenvalue weighted by Gasteiger charge is 2.31.